The summed E-state index contributed by atoms with van der Waals surface area (Å²) in [6, 6.07) is -1.45. The van der Waals surface area contributed by atoms with Crippen LogP contribution in [0.5, 0.6) is 0 Å². The molecule has 16 nitrogen and oxygen atoms in total. The van der Waals surface area contributed by atoms with Crippen molar-refractivity contribution in [3.05, 3.63) is 0 Å². The summed E-state index contributed by atoms with van der Waals surface area (Å²) in [5.74, 6) is -3.72. The zero-order chi connectivity index (χ0) is 40.0. The number of nitrogens with zero attached hydrogens (tertiary/aromatic N) is 1. The van der Waals surface area contributed by atoms with Gasteiger partial charge in [-0.25, -0.2) is 0 Å². The predicted octanol–water partition coefficient (Wildman–Crippen LogP) is -0.355. The van der Waals surface area contributed by atoms with Gasteiger partial charge in [0.05, 0.1) is 38.1 Å². The maximum atomic E-state index is 13.8. The average molecular weight is 798 g/mol. The number of likely N-dealkylation sites (tertiary alicyclic amines) is 1. The van der Waals surface area contributed by atoms with Crippen LogP contribution < -0.4 is 10.6 Å². The number of halogens is 3. The molecule has 0 bridgehead atoms. The average Bonchev–Trinajstić information content (AvgIpc) is 3.12. The fourth-order valence-electron chi connectivity index (χ4n) is 8.27. The SMILES string of the molecule is CC1O[C@@H](CO[C@@H]2C(C)CCC[C@H]2O[C@@H]2O[C@@H](CO)[C@H](O)C(O[C@@H](CC3CCCCC3)C(=O)N3CCC3)C2NC(=O)CNC(=O)C(F)(F)F)C(O)[C@@H](O)[C@@H]1O. The Morgan fingerprint density at radius 1 is 0.855 bits per heavy atom. The molecule has 3 heterocycles. The first-order chi connectivity index (χ1) is 26.1. The highest BCUT2D eigenvalue weighted by Crippen LogP contribution is 2.36. The lowest BCUT2D eigenvalue weighted by Gasteiger charge is -2.48. The van der Waals surface area contributed by atoms with Crippen LogP contribution in [0.4, 0.5) is 13.2 Å². The van der Waals surface area contributed by atoms with Crippen LogP contribution in [0.25, 0.3) is 0 Å². The van der Waals surface area contributed by atoms with Crippen molar-refractivity contribution in [2.24, 2.45) is 11.8 Å². The van der Waals surface area contributed by atoms with E-state index >= 15 is 0 Å². The Labute approximate surface area is 318 Å². The van der Waals surface area contributed by atoms with Crippen LogP contribution in [0.2, 0.25) is 0 Å². The van der Waals surface area contributed by atoms with E-state index in [0.717, 1.165) is 38.5 Å². The van der Waals surface area contributed by atoms with Gasteiger partial charge in [-0.2, -0.15) is 13.2 Å². The van der Waals surface area contributed by atoms with Gasteiger partial charge in [0.1, 0.15) is 54.9 Å². The molecule has 5 fully saturated rings. The van der Waals surface area contributed by atoms with Gasteiger partial charge in [-0.05, 0) is 44.4 Å². The number of hydrogen-bond acceptors (Lipinski definition) is 13. The van der Waals surface area contributed by atoms with Gasteiger partial charge in [-0.1, -0.05) is 45.4 Å². The second-order valence-corrected chi connectivity index (χ2v) is 15.7. The van der Waals surface area contributed by atoms with Crippen LogP contribution in [0.15, 0.2) is 0 Å². The summed E-state index contributed by atoms with van der Waals surface area (Å²) >= 11 is 0. The first kappa shape index (κ1) is 43.9. The van der Waals surface area contributed by atoms with Crippen molar-refractivity contribution < 1.29 is 76.8 Å². The van der Waals surface area contributed by atoms with Crippen LogP contribution in [0.3, 0.4) is 0 Å². The molecule has 0 radical (unpaired) electrons. The molecule has 0 aromatic heterocycles. The lowest BCUT2D eigenvalue weighted by Crippen LogP contribution is -2.68. The molecule has 3 saturated heterocycles. The fourth-order valence-corrected chi connectivity index (χ4v) is 8.27. The molecular formula is C36H58F3N3O13. The second-order valence-electron chi connectivity index (χ2n) is 15.7. The van der Waals surface area contributed by atoms with Crippen LogP contribution in [0.1, 0.15) is 78.1 Å². The van der Waals surface area contributed by atoms with Gasteiger partial charge >= 0.3 is 12.1 Å². The van der Waals surface area contributed by atoms with E-state index in [1.165, 1.54) is 5.32 Å². The number of rotatable bonds is 14. The zero-order valence-electron chi connectivity index (χ0n) is 31.4. The maximum Gasteiger partial charge on any atom is 0.471 e. The Morgan fingerprint density at radius 2 is 1.56 bits per heavy atom. The molecule has 2 saturated carbocycles. The summed E-state index contributed by atoms with van der Waals surface area (Å²) in [5, 5.41) is 56.9. The molecule has 2 aliphatic carbocycles. The second kappa shape index (κ2) is 19.5. The van der Waals surface area contributed by atoms with Crippen molar-refractivity contribution in [3.8, 4) is 0 Å². The van der Waals surface area contributed by atoms with Gasteiger partial charge in [0, 0.05) is 13.1 Å². The highest BCUT2D eigenvalue weighted by molar-refractivity contribution is 5.87. The summed E-state index contributed by atoms with van der Waals surface area (Å²) < 4.78 is 69.8. The van der Waals surface area contributed by atoms with E-state index < -0.39 is 111 Å². The van der Waals surface area contributed by atoms with Crippen molar-refractivity contribution in [2.45, 2.75) is 164 Å². The summed E-state index contributed by atoms with van der Waals surface area (Å²) in [6.45, 7) is 2.49. The van der Waals surface area contributed by atoms with Crippen molar-refractivity contribution in [1.82, 2.24) is 15.5 Å². The lowest BCUT2D eigenvalue weighted by atomic mass is 9.84. The molecule has 5 aliphatic rings. The Bertz CT molecular complexity index is 1270. The van der Waals surface area contributed by atoms with E-state index in [9.17, 15) is 53.1 Å². The fraction of sp³-hybridized carbons (Fsp3) is 0.917. The van der Waals surface area contributed by atoms with Crippen molar-refractivity contribution in [3.63, 3.8) is 0 Å². The van der Waals surface area contributed by atoms with Crippen molar-refractivity contribution in [1.29, 1.82) is 0 Å². The molecule has 3 amide bonds. The number of hydrogen-bond donors (Lipinski definition) is 7. The van der Waals surface area contributed by atoms with E-state index in [1.54, 1.807) is 11.8 Å². The van der Waals surface area contributed by atoms with E-state index in [2.05, 4.69) is 5.32 Å². The molecule has 7 N–H and O–H groups in total. The van der Waals surface area contributed by atoms with Crippen LogP contribution >= 0.6 is 0 Å². The lowest BCUT2D eigenvalue weighted by molar-refractivity contribution is -0.306. The smallest absolute Gasteiger partial charge is 0.394 e. The van der Waals surface area contributed by atoms with Crippen molar-refractivity contribution >= 4 is 17.7 Å². The number of carbonyl (C=O) groups is 3. The van der Waals surface area contributed by atoms with Gasteiger partial charge in [0.25, 0.3) is 5.91 Å². The van der Waals surface area contributed by atoms with Crippen molar-refractivity contribution in [2.75, 3.05) is 32.8 Å². The first-order valence-corrected chi connectivity index (χ1v) is 19.6. The number of carbonyl (C=O) groups excluding carboxylic acids is 3. The Kier molecular flexibility index (Phi) is 15.6. The maximum absolute atomic E-state index is 13.8. The molecular weight excluding hydrogens is 739 g/mol. The highest BCUT2D eigenvalue weighted by atomic mass is 19.4. The number of ether oxygens (including phenoxy) is 5. The predicted molar refractivity (Wildman–Crippen MR) is 184 cm³/mol. The van der Waals surface area contributed by atoms with Gasteiger partial charge < -0.3 is 64.8 Å². The zero-order valence-corrected chi connectivity index (χ0v) is 31.4. The minimum atomic E-state index is -5.25. The standard InChI is InChI=1S/C36H58F3N3O13/c1-18-8-6-11-21(31(18)51-17-24-28(46)30(48)27(45)19(2)52-24)54-34-26(41-25(44)15-40-35(50)36(37,38)39)32(29(47)23(16-43)55-34)53-22(33(49)42-12-7-13-42)14-20-9-4-3-5-10-20/h18-24,26-32,34,43,45-48H,3-17H2,1-2H3,(H,40,50)(H,41,44)/t18?,19?,21-,22+,23+,24+,26?,27-,28?,29+,30+,31-,32?,34-/m1/s1. The summed E-state index contributed by atoms with van der Waals surface area (Å²) in [6.07, 6.45) is -12.0. The van der Waals surface area contributed by atoms with Crippen LogP contribution in [-0.4, -0.2) is 167 Å². The number of alkyl halides is 3. The molecule has 316 valence electrons. The largest absolute Gasteiger partial charge is 0.471 e. The number of aliphatic hydroxyl groups is 5. The molecule has 5 unspecified atom stereocenters. The van der Waals surface area contributed by atoms with Gasteiger partial charge in [0.15, 0.2) is 6.29 Å². The van der Waals surface area contributed by atoms with E-state index in [0.29, 0.717) is 38.8 Å². The Morgan fingerprint density at radius 3 is 2.20 bits per heavy atom. The minimum absolute atomic E-state index is 0.137. The number of aliphatic hydroxyl groups excluding tert-OH is 5. The normalized spacial score (nSPS) is 38.1. The molecule has 14 atom stereocenters. The monoisotopic (exact) mass is 797 g/mol. The molecule has 0 aromatic carbocycles. The van der Waals surface area contributed by atoms with Crippen LogP contribution in [0, 0.1) is 11.8 Å². The van der Waals surface area contributed by atoms with Crippen LogP contribution in [-0.2, 0) is 38.1 Å². The first-order valence-electron chi connectivity index (χ1n) is 19.6. The quantitative estimate of drug-likeness (QED) is 0.120. The van der Waals surface area contributed by atoms with E-state index in [4.69, 9.17) is 23.7 Å². The molecule has 3 aliphatic heterocycles. The third-order valence-electron chi connectivity index (χ3n) is 11.7. The third-order valence-corrected chi connectivity index (χ3v) is 11.7. The summed E-state index contributed by atoms with van der Waals surface area (Å²) in [5.41, 5.74) is 0. The molecule has 0 spiro atoms. The van der Waals surface area contributed by atoms with Gasteiger partial charge in [-0.3, -0.25) is 14.4 Å². The number of amides is 3. The van der Waals surface area contributed by atoms with E-state index in [1.807, 2.05) is 6.92 Å². The summed E-state index contributed by atoms with van der Waals surface area (Å²) in [4.78, 5) is 40.2. The molecule has 0 aromatic rings. The Hall–Kier alpha value is -2.20. The topological polar surface area (TPSA) is 226 Å². The molecule has 19 heteroatoms. The molecule has 5 rings (SSSR count). The molecule has 55 heavy (non-hydrogen) atoms. The number of nitrogens with one attached hydrogen (secondary N) is 2. The van der Waals surface area contributed by atoms with Gasteiger partial charge in [0.2, 0.25) is 5.91 Å². The Balaban J connectivity index is 1.40. The summed E-state index contributed by atoms with van der Waals surface area (Å²) in [7, 11) is 0. The van der Waals surface area contributed by atoms with E-state index in [-0.39, 0.29) is 24.3 Å². The minimum Gasteiger partial charge on any atom is -0.394 e. The van der Waals surface area contributed by atoms with Gasteiger partial charge in [-0.15, -0.1) is 0 Å². The highest BCUT2D eigenvalue weighted by Gasteiger charge is 2.51. The third kappa shape index (κ3) is 11.1.